The van der Waals surface area contributed by atoms with E-state index in [0.717, 1.165) is 17.0 Å². The molecule has 0 radical (unpaired) electrons. The zero-order valence-corrected chi connectivity index (χ0v) is 17.6. The van der Waals surface area contributed by atoms with Crippen LogP contribution in [0.2, 0.25) is 0 Å². The second-order valence-electron chi connectivity index (χ2n) is 6.12. The van der Waals surface area contributed by atoms with Crippen molar-refractivity contribution in [3.63, 3.8) is 0 Å². The highest BCUT2D eigenvalue weighted by atomic mass is 32.2. The van der Waals surface area contributed by atoms with Gasteiger partial charge in [-0.25, -0.2) is 12.8 Å². The third kappa shape index (κ3) is 5.74. The highest BCUT2D eigenvalue weighted by molar-refractivity contribution is 7.98. The Bertz CT molecular complexity index is 1120. The van der Waals surface area contributed by atoms with Gasteiger partial charge in [-0.2, -0.15) is 0 Å². The second-order valence-corrected chi connectivity index (χ2v) is 8.65. The Morgan fingerprint density at radius 2 is 1.67 bits per heavy atom. The Hall–Kier alpha value is -3.04. The minimum Gasteiger partial charge on any atom is -0.484 e. The predicted octanol–water partition coefficient (Wildman–Crippen LogP) is 4.37. The van der Waals surface area contributed by atoms with Crippen LogP contribution in [0.1, 0.15) is 0 Å². The van der Waals surface area contributed by atoms with Gasteiger partial charge in [0.1, 0.15) is 11.6 Å². The number of para-hydroxylation sites is 1. The van der Waals surface area contributed by atoms with Gasteiger partial charge in [-0.3, -0.25) is 9.52 Å². The first-order valence-corrected chi connectivity index (χ1v) is 11.5. The summed E-state index contributed by atoms with van der Waals surface area (Å²) in [4.78, 5) is 13.1. The molecule has 0 saturated carbocycles. The highest BCUT2D eigenvalue weighted by Gasteiger charge is 2.14. The molecule has 0 aromatic heterocycles. The molecule has 0 spiro atoms. The van der Waals surface area contributed by atoms with Gasteiger partial charge >= 0.3 is 0 Å². The number of thioether (sulfide) groups is 1. The van der Waals surface area contributed by atoms with Crippen LogP contribution in [0, 0.1) is 5.82 Å². The van der Waals surface area contributed by atoms with Crippen LogP contribution in [0.4, 0.5) is 15.8 Å². The van der Waals surface area contributed by atoms with Crippen molar-refractivity contribution in [3.8, 4) is 5.75 Å². The normalized spacial score (nSPS) is 11.0. The van der Waals surface area contributed by atoms with E-state index in [-0.39, 0.29) is 23.1 Å². The molecule has 6 nitrogen and oxygen atoms in total. The lowest BCUT2D eigenvalue weighted by molar-refractivity contribution is -0.118. The van der Waals surface area contributed by atoms with Crippen LogP contribution in [0.25, 0.3) is 0 Å². The fraction of sp³-hybridized carbons (Fsp3) is 0.0952. The quantitative estimate of drug-likeness (QED) is 0.502. The van der Waals surface area contributed by atoms with Crippen molar-refractivity contribution in [2.45, 2.75) is 9.79 Å². The molecule has 1 amide bonds. The number of carbonyl (C=O) groups is 1. The minimum atomic E-state index is -3.83. The second kappa shape index (κ2) is 9.64. The number of carbonyl (C=O) groups excluding carboxylic acids is 1. The van der Waals surface area contributed by atoms with E-state index in [1.54, 1.807) is 6.07 Å². The van der Waals surface area contributed by atoms with E-state index in [9.17, 15) is 17.6 Å². The first-order valence-electron chi connectivity index (χ1n) is 8.81. The van der Waals surface area contributed by atoms with Gasteiger partial charge < -0.3 is 10.1 Å². The van der Waals surface area contributed by atoms with Gasteiger partial charge in [-0.1, -0.05) is 12.1 Å². The topological polar surface area (TPSA) is 84.5 Å². The minimum absolute atomic E-state index is 0.0116. The monoisotopic (exact) mass is 446 g/mol. The molecule has 0 atom stereocenters. The summed E-state index contributed by atoms with van der Waals surface area (Å²) >= 11 is 1.52. The lowest BCUT2D eigenvalue weighted by atomic mass is 10.3. The van der Waals surface area contributed by atoms with Gasteiger partial charge in [0.15, 0.2) is 6.61 Å². The van der Waals surface area contributed by atoms with Gasteiger partial charge in [-0.15, -0.1) is 11.8 Å². The lowest BCUT2D eigenvalue weighted by Crippen LogP contribution is -2.20. The molecule has 3 aromatic rings. The SMILES string of the molecule is CSc1ccccc1NC(=O)COc1ccc(S(=O)(=O)Nc2ccc(F)cc2)cc1. The number of ether oxygens (including phenoxy) is 1. The van der Waals surface area contributed by atoms with Crippen LogP contribution in [-0.2, 0) is 14.8 Å². The number of hydrogen-bond acceptors (Lipinski definition) is 5. The molecule has 0 aliphatic heterocycles. The highest BCUT2D eigenvalue weighted by Crippen LogP contribution is 2.24. The van der Waals surface area contributed by atoms with Crippen molar-refractivity contribution in [1.82, 2.24) is 0 Å². The van der Waals surface area contributed by atoms with Crippen molar-refractivity contribution in [3.05, 3.63) is 78.6 Å². The number of nitrogens with one attached hydrogen (secondary N) is 2. The third-order valence-electron chi connectivity index (χ3n) is 3.98. The van der Waals surface area contributed by atoms with Crippen LogP contribution in [0.3, 0.4) is 0 Å². The fourth-order valence-electron chi connectivity index (χ4n) is 2.53. The van der Waals surface area contributed by atoms with E-state index >= 15 is 0 Å². The van der Waals surface area contributed by atoms with Crippen molar-refractivity contribution in [1.29, 1.82) is 0 Å². The van der Waals surface area contributed by atoms with Crippen LogP contribution in [-0.4, -0.2) is 27.2 Å². The first-order chi connectivity index (χ1) is 14.4. The molecule has 30 heavy (non-hydrogen) atoms. The molecule has 0 bridgehead atoms. The molecule has 0 unspecified atom stereocenters. The third-order valence-corrected chi connectivity index (χ3v) is 6.17. The van der Waals surface area contributed by atoms with Crippen LogP contribution in [0.15, 0.2) is 82.6 Å². The van der Waals surface area contributed by atoms with Gasteiger partial charge in [0, 0.05) is 10.6 Å². The maximum absolute atomic E-state index is 13.0. The number of rotatable bonds is 8. The molecule has 9 heteroatoms. The Kier molecular flexibility index (Phi) is 6.96. The van der Waals surface area contributed by atoms with Crippen LogP contribution < -0.4 is 14.8 Å². The maximum atomic E-state index is 13.0. The van der Waals surface area contributed by atoms with E-state index in [1.807, 2.05) is 24.5 Å². The summed E-state index contributed by atoms with van der Waals surface area (Å²) in [5.41, 5.74) is 0.950. The largest absolute Gasteiger partial charge is 0.484 e. The summed E-state index contributed by atoms with van der Waals surface area (Å²) in [5.74, 6) is -0.435. The predicted molar refractivity (Wildman–Crippen MR) is 116 cm³/mol. The summed E-state index contributed by atoms with van der Waals surface area (Å²) < 4.78 is 45.6. The number of hydrogen-bond donors (Lipinski definition) is 2. The van der Waals surface area contributed by atoms with Gasteiger partial charge in [0.05, 0.1) is 10.6 Å². The average molecular weight is 447 g/mol. The van der Waals surface area contributed by atoms with Gasteiger partial charge in [0.2, 0.25) is 0 Å². The summed E-state index contributed by atoms with van der Waals surface area (Å²) in [6.45, 7) is -0.220. The van der Waals surface area contributed by atoms with Gasteiger partial charge in [0.25, 0.3) is 15.9 Å². The van der Waals surface area contributed by atoms with Crippen molar-refractivity contribution < 1.29 is 22.3 Å². The molecule has 2 N–H and O–H groups in total. The fourth-order valence-corrected chi connectivity index (χ4v) is 4.14. The van der Waals surface area contributed by atoms with Crippen molar-refractivity contribution >= 4 is 39.1 Å². The maximum Gasteiger partial charge on any atom is 0.262 e. The van der Waals surface area contributed by atoms with E-state index in [4.69, 9.17) is 4.74 Å². The summed E-state index contributed by atoms with van der Waals surface area (Å²) in [5, 5.41) is 2.78. The van der Waals surface area contributed by atoms with E-state index in [1.165, 1.54) is 48.2 Å². The molecule has 0 aliphatic rings. The Labute approximate surface area is 178 Å². The summed E-state index contributed by atoms with van der Waals surface area (Å²) in [6.07, 6.45) is 1.92. The van der Waals surface area contributed by atoms with E-state index in [0.29, 0.717) is 11.4 Å². The molecular weight excluding hydrogens is 427 g/mol. The average Bonchev–Trinajstić information content (AvgIpc) is 2.74. The number of sulfonamides is 1. The van der Waals surface area contributed by atoms with Crippen LogP contribution in [0.5, 0.6) is 5.75 Å². The summed E-state index contributed by atoms with van der Waals surface area (Å²) in [7, 11) is -3.83. The molecule has 0 saturated heterocycles. The summed E-state index contributed by atoms with van der Waals surface area (Å²) in [6, 6.07) is 18.1. The Balaban J connectivity index is 1.58. The Morgan fingerprint density at radius 1 is 1.00 bits per heavy atom. The number of benzene rings is 3. The number of anilines is 2. The van der Waals surface area contributed by atoms with Gasteiger partial charge in [-0.05, 0) is 66.9 Å². The Morgan fingerprint density at radius 3 is 2.33 bits per heavy atom. The first kappa shape index (κ1) is 21.7. The van der Waals surface area contributed by atoms with E-state index < -0.39 is 15.8 Å². The zero-order valence-electron chi connectivity index (χ0n) is 16.0. The molecule has 3 rings (SSSR count). The standard InChI is InChI=1S/C21H19FN2O4S2/c1-29-20-5-3-2-4-19(20)23-21(25)14-28-17-10-12-18(13-11-17)30(26,27)24-16-8-6-15(22)7-9-16/h2-13,24H,14H2,1H3,(H,23,25). The molecule has 0 heterocycles. The molecule has 156 valence electrons. The number of amides is 1. The molecule has 0 aliphatic carbocycles. The van der Waals surface area contributed by atoms with Crippen LogP contribution >= 0.6 is 11.8 Å². The molecule has 0 fully saturated rings. The molecular formula is C21H19FN2O4S2. The van der Waals surface area contributed by atoms with Crippen molar-refractivity contribution in [2.75, 3.05) is 22.9 Å². The zero-order chi connectivity index (χ0) is 21.6. The number of halogens is 1. The molecule has 3 aromatic carbocycles. The van der Waals surface area contributed by atoms with E-state index in [2.05, 4.69) is 10.0 Å². The smallest absolute Gasteiger partial charge is 0.262 e. The van der Waals surface area contributed by atoms with Crippen molar-refractivity contribution in [2.24, 2.45) is 0 Å². The lowest BCUT2D eigenvalue weighted by Gasteiger charge is -2.11.